The van der Waals surface area contributed by atoms with E-state index in [2.05, 4.69) is 36.2 Å². The highest BCUT2D eigenvalue weighted by atomic mass is 16.5. The number of urea groups is 1. The zero-order valence-corrected chi connectivity index (χ0v) is 16.9. The van der Waals surface area contributed by atoms with Crippen LogP contribution in [0.1, 0.15) is 44.7 Å². The van der Waals surface area contributed by atoms with E-state index < -0.39 is 0 Å². The molecule has 0 bridgehead atoms. The third kappa shape index (κ3) is 6.24. The molecule has 6 heteroatoms. The summed E-state index contributed by atoms with van der Waals surface area (Å²) in [6.07, 6.45) is 1.34. The van der Waals surface area contributed by atoms with Gasteiger partial charge in [0.15, 0.2) is 0 Å². The lowest BCUT2D eigenvalue weighted by atomic mass is 9.97. The van der Waals surface area contributed by atoms with E-state index in [1.165, 1.54) is 5.56 Å². The van der Waals surface area contributed by atoms with Crippen molar-refractivity contribution in [3.63, 3.8) is 0 Å². The van der Waals surface area contributed by atoms with Gasteiger partial charge in [-0.05, 0) is 44.0 Å². The van der Waals surface area contributed by atoms with E-state index in [0.29, 0.717) is 39.1 Å². The third-order valence-corrected chi connectivity index (χ3v) is 5.24. The minimum absolute atomic E-state index is 0.0602. The highest BCUT2D eigenvalue weighted by Crippen LogP contribution is 2.19. The molecule has 1 aromatic rings. The molecule has 0 aliphatic carbocycles. The summed E-state index contributed by atoms with van der Waals surface area (Å²) in [6, 6.07) is 8.20. The van der Waals surface area contributed by atoms with Crippen LogP contribution in [0.25, 0.3) is 0 Å². The number of hydrogen-bond acceptors (Lipinski definition) is 4. The van der Waals surface area contributed by atoms with Gasteiger partial charge in [-0.2, -0.15) is 0 Å². The molecule has 0 radical (unpaired) electrons. The molecule has 0 aromatic heterocycles. The predicted molar refractivity (Wildman–Crippen MR) is 106 cm³/mol. The topological polar surface area (TPSA) is 61.9 Å². The van der Waals surface area contributed by atoms with Gasteiger partial charge in [-0.1, -0.05) is 38.1 Å². The highest BCUT2D eigenvalue weighted by Gasteiger charge is 2.28. The van der Waals surface area contributed by atoms with Crippen molar-refractivity contribution < 1.29 is 14.3 Å². The van der Waals surface area contributed by atoms with Crippen LogP contribution in [0, 0.1) is 5.92 Å². The maximum Gasteiger partial charge on any atom is 0.317 e. The first kappa shape index (κ1) is 21.2. The number of carbonyl (C=O) groups is 2. The minimum Gasteiger partial charge on any atom is -0.466 e. The van der Waals surface area contributed by atoms with Gasteiger partial charge in [0.2, 0.25) is 0 Å². The average Bonchev–Trinajstić information content (AvgIpc) is 2.71. The van der Waals surface area contributed by atoms with Crippen molar-refractivity contribution in [3.05, 3.63) is 35.4 Å². The van der Waals surface area contributed by atoms with Crippen molar-refractivity contribution in [1.29, 1.82) is 0 Å². The number of nitrogens with zero attached hydrogens (tertiary/aromatic N) is 2. The average molecular weight is 376 g/mol. The molecule has 0 saturated carbocycles. The van der Waals surface area contributed by atoms with Gasteiger partial charge in [-0.3, -0.25) is 9.69 Å². The lowest BCUT2D eigenvalue weighted by molar-refractivity contribution is -0.149. The summed E-state index contributed by atoms with van der Waals surface area (Å²) < 4.78 is 5.08. The molecule has 6 nitrogen and oxygen atoms in total. The Bertz CT molecular complexity index is 608. The number of likely N-dealkylation sites (tertiary alicyclic amines) is 1. The normalized spacial score (nSPS) is 15.0. The van der Waals surface area contributed by atoms with Crippen molar-refractivity contribution in [2.24, 2.45) is 5.92 Å². The van der Waals surface area contributed by atoms with Crippen LogP contribution in [0.3, 0.4) is 0 Å². The van der Waals surface area contributed by atoms with Crippen LogP contribution in [0.15, 0.2) is 24.3 Å². The Morgan fingerprint density at radius 3 is 2.33 bits per heavy atom. The Morgan fingerprint density at radius 1 is 1.11 bits per heavy atom. The van der Waals surface area contributed by atoms with Gasteiger partial charge in [0, 0.05) is 26.2 Å². The van der Waals surface area contributed by atoms with Crippen LogP contribution < -0.4 is 5.32 Å². The van der Waals surface area contributed by atoms with Gasteiger partial charge in [0.1, 0.15) is 0 Å². The molecule has 1 saturated heterocycles. The molecular formula is C21H33N3O3. The number of amides is 2. The van der Waals surface area contributed by atoms with Crippen LogP contribution >= 0.6 is 0 Å². The Balaban J connectivity index is 1.85. The first-order chi connectivity index (χ1) is 13.1. The third-order valence-electron chi connectivity index (χ3n) is 5.24. The fraction of sp³-hybridized carbons (Fsp3) is 0.619. The lowest BCUT2D eigenvalue weighted by Gasteiger charge is -2.31. The summed E-state index contributed by atoms with van der Waals surface area (Å²) in [5.74, 6) is -0.216. The monoisotopic (exact) mass is 375 g/mol. The van der Waals surface area contributed by atoms with Gasteiger partial charge >= 0.3 is 12.0 Å². The van der Waals surface area contributed by atoms with Crippen LogP contribution in [-0.4, -0.2) is 54.6 Å². The zero-order valence-electron chi connectivity index (χ0n) is 16.9. The Labute approximate surface area is 162 Å². The second-order valence-corrected chi connectivity index (χ2v) is 6.90. The van der Waals surface area contributed by atoms with Crippen LogP contribution in [-0.2, 0) is 22.6 Å². The molecule has 1 N–H and O–H groups in total. The van der Waals surface area contributed by atoms with Gasteiger partial charge in [0.25, 0.3) is 0 Å². The largest absolute Gasteiger partial charge is 0.466 e. The zero-order chi connectivity index (χ0) is 19.6. The number of hydrogen-bond donors (Lipinski definition) is 1. The number of carbonyl (C=O) groups excluding carboxylic acids is 2. The molecule has 1 aliphatic rings. The SMILES string of the molecule is CCOC(=O)C1CCN(C(=O)NCc2ccccc2CN(CC)CC)CC1. The number of nitrogens with one attached hydrogen (secondary N) is 1. The molecule has 1 aromatic carbocycles. The van der Waals surface area contributed by atoms with E-state index >= 15 is 0 Å². The predicted octanol–water partition coefficient (Wildman–Crippen LogP) is 3.01. The van der Waals surface area contributed by atoms with E-state index in [-0.39, 0.29) is 17.9 Å². The van der Waals surface area contributed by atoms with Gasteiger partial charge in [0.05, 0.1) is 12.5 Å². The summed E-state index contributed by atoms with van der Waals surface area (Å²) >= 11 is 0. The minimum atomic E-state index is -0.136. The molecule has 2 amide bonds. The number of piperidine rings is 1. The van der Waals surface area contributed by atoms with E-state index in [9.17, 15) is 9.59 Å². The summed E-state index contributed by atoms with van der Waals surface area (Å²) in [5, 5.41) is 3.04. The van der Waals surface area contributed by atoms with Gasteiger partial charge in [-0.15, -0.1) is 0 Å². The van der Waals surface area contributed by atoms with E-state index in [4.69, 9.17) is 4.74 Å². The van der Waals surface area contributed by atoms with Crippen molar-refractivity contribution in [2.45, 2.75) is 46.7 Å². The fourth-order valence-corrected chi connectivity index (χ4v) is 3.43. The van der Waals surface area contributed by atoms with E-state index in [0.717, 1.165) is 25.2 Å². The van der Waals surface area contributed by atoms with Crippen LogP contribution in [0.5, 0.6) is 0 Å². The standard InChI is InChI=1S/C21H33N3O3/c1-4-23(5-2)16-19-10-8-7-9-18(19)15-22-21(26)24-13-11-17(12-14-24)20(25)27-6-3/h7-10,17H,4-6,11-16H2,1-3H3,(H,22,26). The molecule has 1 aliphatic heterocycles. The molecule has 150 valence electrons. The smallest absolute Gasteiger partial charge is 0.317 e. The van der Waals surface area contributed by atoms with E-state index in [1.54, 1.807) is 4.90 Å². The summed E-state index contributed by atoms with van der Waals surface area (Å²) in [5.41, 5.74) is 2.40. The Hall–Kier alpha value is -2.08. The summed E-state index contributed by atoms with van der Waals surface area (Å²) in [7, 11) is 0. The van der Waals surface area contributed by atoms with Crippen molar-refractivity contribution >= 4 is 12.0 Å². The van der Waals surface area contributed by atoms with Crippen molar-refractivity contribution in [2.75, 3.05) is 32.8 Å². The van der Waals surface area contributed by atoms with E-state index in [1.807, 2.05) is 19.1 Å². The number of benzene rings is 1. The molecule has 1 fully saturated rings. The second-order valence-electron chi connectivity index (χ2n) is 6.90. The summed E-state index contributed by atoms with van der Waals surface area (Å²) in [6.45, 7) is 11.2. The lowest BCUT2D eigenvalue weighted by Crippen LogP contribution is -2.45. The fourth-order valence-electron chi connectivity index (χ4n) is 3.43. The molecule has 0 spiro atoms. The van der Waals surface area contributed by atoms with Gasteiger partial charge < -0.3 is 15.0 Å². The quantitative estimate of drug-likeness (QED) is 0.710. The number of esters is 1. The first-order valence-corrected chi connectivity index (χ1v) is 10.1. The van der Waals surface area contributed by atoms with Gasteiger partial charge in [-0.25, -0.2) is 4.79 Å². The number of ether oxygens (including phenoxy) is 1. The van der Waals surface area contributed by atoms with Crippen molar-refractivity contribution in [1.82, 2.24) is 15.1 Å². The molecule has 2 rings (SSSR count). The number of rotatable bonds is 8. The van der Waals surface area contributed by atoms with Crippen LogP contribution in [0.4, 0.5) is 4.79 Å². The summed E-state index contributed by atoms with van der Waals surface area (Å²) in [4.78, 5) is 28.5. The first-order valence-electron chi connectivity index (χ1n) is 10.1. The molecular weight excluding hydrogens is 342 g/mol. The molecule has 0 atom stereocenters. The Morgan fingerprint density at radius 2 is 1.74 bits per heavy atom. The Kier molecular flexibility index (Phi) is 8.58. The molecule has 0 unspecified atom stereocenters. The maximum atomic E-state index is 12.5. The van der Waals surface area contributed by atoms with Crippen LogP contribution in [0.2, 0.25) is 0 Å². The molecule has 27 heavy (non-hydrogen) atoms. The van der Waals surface area contributed by atoms with Crippen molar-refractivity contribution in [3.8, 4) is 0 Å². The molecule has 1 heterocycles. The maximum absolute atomic E-state index is 12.5. The second kappa shape index (κ2) is 10.9. The highest BCUT2D eigenvalue weighted by molar-refractivity contribution is 5.76.